The number of nitrogens with one attached hydrogen (secondary N) is 2. The smallest absolute Gasteiger partial charge is 0.269 e. The summed E-state index contributed by atoms with van der Waals surface area (Å²) in [5.74, 6) is -0.530. The maximum absolute atomic E-state index is 13.5. The van der Waals surface area contributed by atoms with Crippen molar-refractivity contribution in [1.29, 1.82) is 0 Å². The van der Waals surface area contributed by atoms with Crippen molar-refractivity contribution in [2.75, 3.05) is 13.1 Å². The first kappa shape index (κ1) is 18.4. The summed E-state index contributed by atoms with van der Waals surface area (Å²) in [6.45, 7) is 1.12. The van der Waals surface area contributed by atoms with E-state index in [1.807, 2.05) is 0 Å². The molecule has 1 aliphatic rings. The predicted molar refractivity (Wildman–Crippen MR) is 93.8 cm³/mol. The third-order valence-corrected chi connectivity index (χ3v) is 5.93. The number of nitro benzene ring substituents is 1. The van der Waals surface area contributed by atoms with E-state index in [9.17, 15) is 22.9 Å². The Kier molecular flexibility index (Phi) is 5.30. The van der Waals surface area contributed by atoms with Crippen molar-refractivity contribution in [3.8, 4) is 0 Å². The Morgan fingerprint density at radius 2 is 1.92 bits per heavy atom. The van der Waals surface area contributed by atoms with Crippen molar-refractivity contribution in [2.45, 2.75) is 23.3 Å². The molecule has 2 aromatic carbocycles. The summed E-state index contributed by atoms with van der Waals surface area (Å²) >= 11 is 0. The lowest BCUT2D eigenvalue weighted by molar-refractivity contribution is -0.384. The molecule has 1 saturated heterocycles. The fraction of sp³-hybridized carbons (Fsp3) is 0.294. The molecule has 1 fully saturated rings. The topological polar surface area (TPSA) is 101 Å². The summed E-state index contributed by atoms with van der Waals surface area (Å²) in [7, 11) is -3.86. The van der Waals surface area contributed by atoms with Gasteiger partial charge in [0.1, 0.15) is 5.82 Å². The third-order valence-electron chi connectivity index (χ3n) is 4.42. The van der Waals surface area contributed by atoms with Crippen molar-refractivity contribution in [3.63, 3.8) is 0 Å². The molecule has 3 rings (SSSR count). The molecular formula is C17H18FN3O4S. The van der Waals surface area contributed by atoms with Gasteiger partial charge >= 0.3 is 0 Å². The number of benzene rings is 2. The number of hydrogen-bond donors (Lipinski definition) is 2. The summed E-state index contributed by atoms with van der Waals surface area (Å²) in [6.07, 6.45) is 0.664. The lowest BCUT2D eigenvalue weighted by atomic mass is 9.86. The number of halogens is 1. The zero-order chi connectivity index (χ0) is 18.7. The Morgan fingerprint density at radius 3 is 2.58 bits per heavy atom. The van der Waals surface area contributed by atoms with Crippen LogP contribution in [0.1, 0.15) is 17.9 Å². The monoisotopic (exact) mass is 379 g/mol. The Balaban J connectivity index is 1.83. The van der Waals surface area contributed by atoms with Gasteiger partial charge in [-0.15, -0.1) is 0 Å². The van der Waals surface area contributed by atoms with Crippen molar-refractivity contribution >= 4 is 15.7 Å². The molecule has 1 heterocycles. The van der Waals surface area contributed by atoms with Crippen LogP contribution in [0.15, 0.2) is 53.4 Å². The first-order chi connectivity index (χ1) is 12.4. The molecule has 9 heteroatoms. The SMILES string of the molecule is O=[N+]([O-])c1ccc(S(=O)(=O)N[C@H]2CNCC[C@H]2c2cccc(F)c2)cc1. The Labute approximate surface area is 150 Å². The van der Waals surface area contributed by atoms with Gasteiger partial charge in [-0.1, -0.05) is 12.1 Å². The summed E-state index contributed by atoms with van der Waals surface area (Å²) in [4.78, 5) is 10.1. The lowest BCUT2D eigenvalue weighted by Gasteiger charge is -2.33. The molecule has 0 aliphatic carbocycles. The van der Waals surface area contributed by atoms with Crippen LogP contribution >= 0.6 is 0 Å². The first-order valence-corrected chi connectivity index (χ1v) is 9.58. The molecule has 0 amide bonds. The van der Waals surface area contributed by atoms with Crippen molar-refractivity contribution in [2.24, 2.45) is 0 Å². The molecule has 2 atom stereocenters. The maximum Gasteiger partial charge on any atom is 0.269 e. The number of sulfonamides is 1. The van der Waals surface area contributed by atoms with Gasteiger partial charge in [-0.05, 0) is 42.8 Å². The van der Waals surface area contributed by atoms with Crippen molar-refractivity contribution < 1.29 is 17.7 Å². The summed E-state index contributed by atoms with van der Waals surface area (Å²) < 4.78 is 41.5. The minimum absolute atomic E-state index is 0.0494. The van der Waals surface area contributed by atoms with Crippen LogP contribution in [-0.2, 0) is 10.0 Å². The van der Waals surface area contributed by atoms with E-state index in [4.69, 9.17) is 0 Å². The maximum atomic E-state index is 13.5. The van der Waals surface area contributed by atoms with Gasteiger partial charge in [0.05, 0.1) is 9.82 Å². The first-order valence-electron chi connectivity index (χ1n) is 8.10. The average molecular weight is 379 g/mol. The van der Waals surface area contributed by atoms with E-state index in [2.05, 4.69) is 10.0 Å². The Hall–Kier alpha value is -2.36. The molecule has 0 aromatic heterocycles. The van der Waals surface area contributed by atoms with Crippen molar-refractivity contribution in [1.82, 2.24) is 10.0 Å². The molecule has 138 valence electrons. The predicted octanol–water partition coefficient (Wildman–Crippen LogP) is 2.16. The number of piperidine rings is 1. The molecule has 2 N–H and O–H groups in total. The van der Waals surface area contributed by atoms with Crippen LogP contribution in [0.3, 0.4) is 0 Å². The summed E-state index contributed by atoms with van der Waals surface area (Å²) in [5, 5.41) is 13.8. The van der Waals surface area contributed by atoms with Crippen LogP contribution in [0.5, 0.6) is 0 Å². The van der Waals surface area contributed by atoms with Gasteiger partial charge in [0.15, 0.2) is 0 Å². The molecule has 7 nitrogen and oxygen atoms in total. The number of hydrogen-bond acceptors (Lipinski definition) is 5. The molecule has 0 radical (unpaired) electrons. The minimum atomic E-state index is -3.86. The van der Waals surface area contributed by atoms with E-state index >= 15 is 0 Å². The number of nitrogens with zero attached hydrogens (tertiary/aromatic N) is 1. The molecule has 1 aliphatic heterocycles. The minimum Gasteiger partial charge on any atom is -0.315 e. The largest absolute Gasteiger partial charge is 0.315 e. The van der Waals surface area contributed by atoms with Gasteiger partial charge in [-0.25, -0.2) is 17.5 Å². The highest BCUT2D eigenvalue weighted by Crippen LogP contribution is 2.27. The lowest BCUT2D eigenvalue weighted by Crippen LogP contribution is -2.49. The van der Waals surface area contributed by atoms with E-state index in [1.165, 1.54) is 24.3 Å². The van der Waals surface area contributed by atoms with Crippen LogP contribution in [0.4, 0.5) is 10.1 Å². The van der Waals surface area contributed by atoms with E-state index in [-0.39, 0.29) is 22.3 Å². The quantitative estimate of drug-likeness (QED) is 0.612. The molecule has 0 spiro atoms. The highest BCUT2D eigenvalue weighted by atomic mass is 32.2. The van der Waals surface area contributed by atoms with Gasteiger partial charge in [-0.2, -0.15) is 0 Å². The van der Waals surface area contributed by atoms with E-state index in [0.717, 1.165) is 17.7 Å². The third kappa shape index (κ3) is 4.06. The standard InChI is InChI=1S/C17H18FN3O4S/c18-13-3-1-2-12(10-13)16-8-9-19-11-17(16)20-26(24,25)15-6-4-14(5-7-15)21(22)23/h1-7,10,16-17,19-20H,8-9,11H2/t16-,17-/m0/s1. The summed E-state index contributed by atoms with van der Waals surface area (Å²) in [6, 6.07) is 10.4. The second-order valence-electron chi connectivity index (χ2n) is 6.13. The Bertz CT molecular complexity index is 902. The highest BCUT2D eigenvalue weighted by molar-refractivity contribution is 7.89. The van der Waals surface area contributed by atoms with E-state index in [1.54, 1.807) is 12.1 Å². The average Bonchev–Trinajstić information content (AvgIpc) is 2.62. The second-order valence-corrected chi connectivity index (χ2v) is 7.85. The zero-order valence-electron chi connectivity index (χ0n) is 13.8. The van der Waals surface area contributed by atoms with Crippen LogP contribution in [0, 0.1) is 15.9 Å². The number of non-ortho nitro benzene ring substituents is 1. The highest BCUT2D eigenvalue weighted by Gasteiger charge is 2.30. The molecule has 0 saturated carbocycles. The fourth-order valence-electron chi connectivity index (χ4n) is 3.13. The van der Waals surface area contributed by atoms with Gasteiger partial charge < -0.3 is 5.32 Å². The normalized spacial score (nSPS) is 20.7. The molecule has 0 bridgehead atoms. The van der Waals surface area contributed by atoms with E-state index in [0.29, 0.717) is 19.5 Å². The summed E-state index contributed by atoms with van der Waals surface area (Å²) in [5.41, 5.74) is 0.559. The fourth-order valence-corrected chi connectivity index (χ4v) is 4.41. The van der Waals surface area contributed by atoms with Gasteiger partial charge in [0.25, 0.3) is 5.69 Å². The van der Waals surface area contributed by atoms with E-state index < -0.39 is 21.0 Å². The molecule has 0 unspecified atom stereocenters. The molecule has 2 aromatic rings. The number of nitro groups is 1. The van der Waals surface area contributed by atoms with Gasteiger partial charge in [-0.3, -0.25) is 10.1 Å². The zero-order valence-corrected chi connectivity index (χ0v) is 14.6. The van der Waals surface area contributed by atoms with Crippen LogP contribution in [0.2, 0.25) is 0 Å². The van der Waals surface area contributed by atoms with Crippen molar-refractivity contribution in [3.05, 3.63) is 70.0 Å². The van der Waals surface area contributed by atoms with Crippen LogP contribution in [0.25, 0.3) is 0 Å². The van der Waals surface area contributed by atoms with Gasteiger partial charge in [0.2, 0.25) is 10.0 Å². The second kappa shape index (κ2) is 7.48. The van der Waals surface area contributed by atoms with Crippen LogP contribution < -0.4 is 10.0 Å². The molecule has 26 heavy (non-hydrogen) atoms. The molecular weight excluding hydrogens is 361 g/mol. The Morgan fingerprint density at radius 1 is 1.19 bits per heavy atom. The van der Waals surface area contributed by atoms with Crippen LogP contribution in [-0.4, -0.2) is 32.5 Å². The number of rotatable bonds is 5. The van der Waals surface area contributed by atoms with Gasteiger partial charge in [0, 0.05) is 30.6 Å².